The summed E-state index contributed by atoms with van der Waals surface area (Å²) in [5.74, 6) is 5.39. The molecule has 102 valence electrons. The molecule has 0 bridgehead atoms. The molecule has 0 aliphatic carbocycles. The van der Waals surface area contributed by atoms with E-state index >= 15 is 0 Å². The first kappa shape index (κ1) is 13.6. The fourth-order valence-corrected chi connectivity index (χ4v) is 1.97. The number of para-hydroxylation sites is 1. The van der Waals surface area contributed by atoms with Gasteiger partial charge in [0.1, 0.15) is 5.69 Å². The molecule has 4 nitrogen and oxygen atoms in total. The number of hydrogen-bond acceptors (Lipinski definition) is 4. The van der Waals surface area contributed by atoms with Crippen LogP contribution in [0.15, 0.2) is 24.3 Å². The molecule has 0 saturated heterocycles. The zero-order chi connectivity index (χ0) is 13.8. The number of nitrogens with two attached hydrogens (primary N) is 1. The highest BCUT2D eigenvalue weighted by Crippen LogP contribution is 2.29. The van der Waals surface area contributed by atoms with Gasteiger partial charge < -0.3 is 10.2 Å². The maximum atomic E-state index is 12.8. The first-order valence-electron chi connectivity index (χ1n) is 5.83. The number of halogens is 2. The van der Waals surface area contributed by atoms with Crippen LogP contribution in [-0.4, -0.2) is 18.7 Å². The third-order valence-corrected chi connectivity index (χ3v) is 2.90. The van der Waals surface area contributed by atoms with E-state index in [2.05, 4.69) is 10.4 Å². The zero-order valence-corrected chi connectivity index (χ0v) is 10.5. The summed E-state index contributed by atoms with van der Waals surface area (Å²) >= 11 is 0. The van der Waals surface area contributed by atoms with Gasteiger partial charge in [-0.05, 0) is 18.1 Å². The number of hydrogen-bond donors (Lipinski definition) is 2. The number of hydrazine groups is 1. The summed E-state index contributed by atoms with van der Waals surface area (Å²) in [6.45, 7) is 0.505. The van der Waals surface area contributed by atoms with E-state index in [1.54, 1.807) is 13.2 Å². The Balaban J connectivity index is 2.61. The molecule has 0 aliphatic rings. The number of nitrogens with one attached hydrogen (secondary N) is 1. The van der Waals surface area contributed by atoms with Gasteiger partial charge in [-0.25, -0.2) is 13.8 Å². The van der Waals surface area contributed by atoms with Crippen molar-refractivity contribution in [2.75, 3.05) is 19.1 Å². The fraction of sp³-hybridized carbons (Fsp3) is 0.308. The Morgan fingerprint density at radius 3 is 2.84 bits per heavy atom. The van der Waals surface area contributed by atoms with Gasteiger partial charge in [0.25, 0.3) is 6.43 Å². The molecular weight excluding hydrogens is 252 g/mol. The molecule has 2 aromatic rings. The molecule has 0 spiro atoms. The van der Waals surface area contributed by atoms with Crippen molar-refractivity contribution in [3.8, 4) is 0 Å². The summed E-state index contributed by atoms with van der Waals surface area (Å²) in [7, 11) is 1.59. The molecule has 2 rings (SSSR count). The summed E-state index contributed by atoms with van der Waals surface area (Å²) in [6, 6.07) is 6.76. The average molecular weight is 267 g/mol. The normalized spacial score (nSPS) is 11.2. The quantitative estimate of drug-likeness (QED) is 0.646. The second kappa shape index (κ2) is 5.90. The Morgan fingerprint density at radius 1 is 1.42 bits per heavy atom. The van der Waals surface area contributed by atoms with Crippen LogP contribution in [-0.2, 0) is 11.2 Å². The summed E-state index contributed by atoms with van der Waals surface area (Å²) in [5.41, 5.74) is 3.99. The van der Waals surface area contributed by atoms with E-state index in [1.807, 2.05) is 12.1 Å². The number of aromatic nitrogens is 1. The summed E-state index contributed by atoms with van der Waals surface area (Å²) in [6.07, 6.45) is -2.02. The van der Waals surface area contributed by atoms with Crippen molar-refractivity contribution in [1.29, 1.82) is 0 Å². The molecule has 3 N–H and O–H groups in total. The maximum Gasteiger partial charge on any atom is 0.280 e. The number of nitrogens with zero attached hydrogens (tertiary/aromatic N) is 1. The topological polar surface area (TPSA) is 60.2 Å². The summed E-state index contributed by atoms with van der Waals surface area (Å²) in [5, 5.41) is 0.723. The van der Waals surface area contributed by atoms with Crippen molar-refractivity contribution >= 4 is 16.6 Å². The van der Waals surface area contributed by atoms with Gasteiger partial charge in [0.2, 0.25) is 0 Å². The molecule has 1 aromatic heterocycles. The van der Waals surface area contributed by atoms with E-state index < -0.39 is 6.43 Å². The second-order valence-corrected chi connectivity index (χ2v) is 4.10. The molecule has 0 saturated carbocycles. The van der Waals surface area contributed by atoms with Gasteiger partial charge in [-0.15, -0.1) is 0 Å². The lowest BCUT2D eigenvalue weighted by Gasteiger charge is -2.11. The number of anilines is 1. The second-order valence-electron chi connectivity index (χ2n) is 4.10. The minimum absolute atomic E-state index is 0.287. The van der Waals surface area contributed by atoms with Crippen LogP contribution >= 0.6 is 0 Å². The number of pyridine rings is 1. The van der Waals surface area contributed by atoms with Crippen LogP contribution in [0.3, 0.4) is 0 Å². The van der Waals surface area contributed by atoms with Gasteiger partial charge in [-0.2, -0.15) is 0 Å². The number of benzene rings is 1. The number of methoxy groups -OCH3 is 1. The van der Waals surface area contributed by atoms with E-state index in [0.717, 1.165) is 10.9 Å². The summed E-state index contributed by atoms with van der Waals surface area (Å²) in [4.78, 5) is 4.04. The largest absolute Gasteiger partial charge is 0.384 e. The highest BCUT2D eigenvalue weighted by atomic mass is 19.3. The summed E-state index contributed by atoms with van der Waals surface area (Å²) < 4.78 is 30.7. The predicted molar refractivity (Wildman–Crippen MR) is 70.1 cm³/mol. The Hall–Kier alpha value is -1.79. The number of ether oxygens (including phenoxy) is 1. The smallest absolute Gasteiger partial charge is 0.280 e. The van der Waals surface area contributed by atoms with Crippen molar-refractivity contribution in [1.82, 2.24) is 4.98 Å². The highest BCUT2D eigenvalue weighted by Gasteiger charge is 2.14. The first-order valence-corrected chi connectivity index (χ1v) is 5.83. The molecule has 1 aromatic carbocycles. The lowest BCUT2D eigenvalue weighted by Crippen LogP contribution is -2.09. The van der Waals surface area contributed by atoms with Gasteiger partial charge >= 0.3 is 0 Å². The van der Waals surface area contributed by atoms with E-state index in [9.17, 15) is 8.78 Å². The molecule has 0 amide bonds. The van der Waals surface area contributed by atoms with E-state index in [1.165, 1.54) is 6.07 Å². The van der Waals surface area contributed by atoms with Crippen LogP contribution in [0.1, 0.15) is 17.7 Å². The fourth-order valence-electron chi connectivity index (χ4n) is 1.97. The number of fused-ring (bicyclic) bond motifs is 1. The third-order valence-electron chi connectivity index (χ3n) is 2.90. The van der Waals surface area contributed by atoms with Crippen LogP contribution in [0.4, 0.5) is 14.5 Å². The van der Waals surface area contributed by atoms with Crippen molar-refractivity contribution in [3.63, 3.8) is 0 Å². The Bertz CT molecular complexity index is 575. The maximum absolute atomic E-state index is 12.8. The predicted octanol–water partition coefficient (Wildman–Crippen LogP) is 2.65. The van der Waals surface area contributed by atoms with E-state index in [4.69, 9.17) is 10.6 Å². The van der Waals surface area contributed by atoms with Gasteiger partial charge in [0, 0.05) is 12.5 Å². The first-order chi connectivity index (χ1) is 9.17. The van der Waals surface area contributed by atoms with Crippen molar-refractivity contribution < 1.29 is 13.5 Å². The third kappa shape index (κ3) is 2.80. The minimum atomic E-state index is -2.63. The molecular formula is C13H15F2N3O. The number of alkyl halides is 2. The SMILES string of the molecule is COCCc1cccc2c(NN)cc(C(F)F)nc12. The van der Waals surface area contributed by atoms with Crippen LogP contribution in [0.5, 0.6) is 0 Å². The van der Waals surface area contributed by atoms with E-state index in [0.29, 0.717) is 24.2 Å². The number of nitrogen functional groups attached to an aromatic ring is 1. The van der Waals surface area contributed by atoms with Crippen molar-refractivity contribution in [3.05, 3.63) is 35.5 Å². The number of rotatable bonds is 5. The molecule has 0 unspecified atom stereocenters. The average Bonchev–Trinajstić information content (AvgIpc) is 2.43. The van der Waals surface area contributed by atoms with Crippen molar-refractivity contribution in [2.45, 2.75) is 12.8 Å². The van der Waals surface area contributed by atoms with Gasteiger partial charge in [0.05, 0.1) is 17.8 Å². The standard InChI is InChI=1S/C13H15F2N3O/c1-19-6-5-8-3-2-4-9-10(18-16)7-11(13(14)15)17-12(8)9/h2-4,7,13H,5-6,16H2,1H3,(H,17,18). The van der Waals surface area contributed by atoms with Crippen molar-refractivity contribution in [2.24, 2.45) is 5.84 Å². The molecule has 6 heteroatoms. The van der Waals surface area contributed by atoms with Gasteiger partial charge in [-0.3, -0.25) is 5.84 Å². The molecule has 19 heavy (non-hydrogen) atoms. The zero-order valence-electron chi connectivity index (χ0n) is 10.5. The van der Waals surface area contributed by atoms with Gasteiger partial charge in [-0.1, -0.05) is 18.2 Å². The molecule has 0 aliphatic heterocycles. The van der Waals surface area contributed by atoms with Crippen LogP contribution in [0.2, 0.25) is 0 Å². The van der Waals surface area contributed by atoms with Crippen LogP contribution in [0, 0.1) is 0 Å². The molecule has 0 atom stereocenters. The Kier molecular flexibility index (Phi) is 4.24. The Labute approximate surface area is 109 Å². The monoisotopic (exact) mass is 267 g/mol. The lowest BCUT2D eigenvalue weighted by molar-refractivity contribution is 0.146. The Morgan fingerprint density at radius 2 is 2.21 bits per heavy atom. The molecule has 0 fully saturated rings. The molecule has 1 heterocycles. The minimum Gasteiger partial charge on any atom is -0.384 e. The van der Waals surface area contributed by atoms with Crippen LogP contribution < -0.4 is 11.3 Å². The van der Waals surface area contributed by atoms with E-state index in [-0.39, 0.29) is 5.69 Å². The molecule has 0 radical (unpaired) electrons. The van der Waals surface area contributed by atoms with Crippen LogP contribution in [0.25, 0.3) is 10.9 Å². The van der Waals surface area contributed by atoms with Gasteiger partial charge in [0.15, 0.2) is 0 Å². The lowest BCUT2D eigenvalue weighted by atomic mass is 10.1. The highest BCUT2D eigenvalue weighted by molar-refractivity contribution is 5.93.